The van der Waals surface area contributed by atoms with Gasteiger partial charge in [0.15, 0.2) is 0 Å². The van der Waals surface area contributed by atoms with E-state index in [0.717, 1.165) is 12.8 Å². The molecule has 1 aliphatic carbocycles. The lowest BCUT2D eigenvalue weighted by molar-refractivity contribution is 0.0951. The third-order valence-electron chi connectivity index (χ3n) is 3.81. The van der Waals surface area contributed by atoms with Crippen LogP contribution < -0.4 is 10.0 Å². The standard InChI is InChI=1S/C15H19N5O3S/c1-10(14-18-16-9-20(14)2)19-24(22,23)13-7-3-11(4-8-13)15(21)17-12-5-6-12/h3-4,7-10,12,19H,5-6H2,1-2H3,(H,17,21)/t10-/m0/s1. The predicted octanol–water partition coefficient (Wildman–Crippen LogP) is 0.747. The van der Waals surface area contributed by atoms with Crippen molar-refractivity contribution in [2.75, 3.05) is 0 Å². The normalized spacial score (nSPS) is 15.9. The molecule has 128 valence electrons. The molecule has 1 atom stereocenters. The van der Waals surface area contributed by atoms with Crippen molar-refractivity contribution in [3.8, 4) is 0 Å². The molecule has 0 bridgehead atoms. The number of hydrogen-bond acceptors (Lipinski definition) is 5. The van der Waals surface area contributed by atoms with Gasteiger partial charge in [-0.15, -0.1) is 10.2 Å². The van der Waals surface area contributed by atoms with Crippen LogP contribution in [0.4, 0.5) is 0 Å². The van der Waals surface area contributed by atoms with E-state index >= 15 is 0 Å². The Kier molecular flexibility index (Phi) is 4.37. The molecule has 3 rings (SSSR count). The van der Waals surface area contributed by atoms with Gasteiger partial charge in [0.2, 0.25) is 10.0 Å². The first-order valence-corrected chi connectivity index (χ1v) is 9.12. The van der Waals surface area contributed by atoms with E-state index in [1.165, 1.54) is 30.6 Å². The molecular formula is C15H19N5O3S. The smallest absolute Gasteiger partial charge is 0.251 e. The summed E-state index contributed by atoms with van der Waals surface area (Å²) in [6.07, 6.45) is 3.51. The lowest BCUT2D eigenvalue weighted by atomic mass is 10.2. The van der Waals surface area contributed by atoms with Crippen molar-refractivity contribution in [2.45, 2.75) is 36.7 Å². The van der Waals surface area contributed by atoms with Crippen LogP contribution in [0, 0.1) is 0 Å². The maximum Gasteiger partial charge on any atom is 0.251 e. The van der Waals surface area contributed by atoms with Crippen molar-refractivity contribution in [3.05, 3.63) is 42.0 Å². The van der Waals surface area contributed by atoms with E-state index in [0.29, 0.717) is 11.4 Å². The van der Waals surface area contributed by atoms with Crippen LogP contribution in [-0.4, -0.2) is 35.1 Å². The first-order chi connectivity index (χ1) is 11.4. The summed E-state index contributed by atoms with van der Waals surface area (Å²) >= 11 is 0. The van der Waals surface area contributed by atoms with Crippen LogP contribution in [0.5, 0.6) is 0 Å². The van der Waals surface area contributed by atoms with Gasteiger partial charge in [-0.1, -0.05) is 0 Å². The van der Waals surface area contributed by atoms with Gasteiger partial charge in [0.25, 0.3) is 5.91 Å². The zero-order valence-corrected chi connectivity index (χ0v) is 14.2. The monoisotopic (exact) mass is 349 g/mol. The maximum atomic E-state index is 12.4. The molecule has 1 saturated carbocycles. The second kappa shape index (κ2) is 6.33. The Bertz CT molecular complexity index is 840. The summed E-state index contributed by atoms with van der Waals surface area (Å²) in [5.74, 6) is 0.334. The topological polar surface area (TPSA) is 106 Å². The summed E-state index contributed by atoms with van der Waals surface area (Å²) < 4.78 is 29.1. The molecule has 24 heavy (non-hydrogen) atoms. The Labute approximate surface area is 140 Å². The fraction of sp³-hybridized carbons (Fsp3) is 0.400. The van der Waals surface area contributed by atoms with Gasteiger partial charge in [0, 0.05) is 18.7 Å². The fourth-order valence-corrected chi connectivity index (χ4v) is 3.52. The average Bonchev–Trinajstić information content (AvgIpc) is 3.24. The lowest BCUT2D eigenvalue weighted by Crippen LogP contribution is -2.29. The van der Waals surface area contributed by atoms with Crippen LogP contribution in [0.15, 0.2) is 35.5 Å². The molecule has 1 fully saturated rings. The number of carbonyl (C=O) groups is 1. The van der Waals surface area contributed by atoms with Crippen LogP contribution in [0.25, 0.3) is 0 Å². The van der Waals surface area contributed by atoms with Gasteiger partial charge >= 0.3 is 0 Å². The van der Waals surface area contributed by atoms with Gasteiger partial charge < -0.3 is 9.88 Å². The van der Waals surface area contributed by atoms with Crippen molar-refractivity contribution in [3.63, 3.8) is 0 Å². The SMILES string of the molecule is C[C@H](NS(=O)(=O)c1ccc(C(=O)NC2CC2)cc1)c1nncn1C. The van der Waals surface area contributed by atoms with Gasteiger partial charge in [-0.25, -0.2) is 13.1 Å². The van der Waals surface area contributed by atoms with E-state index in [9.17, 15) is 13.2 Å². The number of benzene rings is 1. The second-order valence-corrected chi connectivity index (χ2v) is 7.63. The fourth-order valence-electron chi connectivity index (χ4n) is 2.32. The Morgan fingerprint density at radius 1 is 1.29 bits per heavy atom. The minimum absolute atomic E-state index is 0.0968. The average molecular weight is 349 g/mol. The molecule has 0 spiro atoms. The molecule has 1 amide bonds. The summed E-state index contributed by atoms with van der Waals surface area (Å²) in [5, 5.41) is 10.5. The molecular weight excluding hydrogens is 330 g/mol. The number of aryl methyl sites for hydroxylation is 1. The summed E-state index contributed by atoms with van der Waals surface area (Å²) in [7, 11) is -1.97. The van der Waals surface area contributed by atoms with Crippen LogP contribution >= 0.6 is 0 Å². The molecule has 9 heteroatoms. The largest absolute Gasteiger partial charge is 0.349 e. The minimum atomic E-state index is -3.72. The summed E-state index contributed by atoms with van der Waals surface area (Å²) in [4.78, 5) is 12.0. The number of sulfonamides is 1. The van der Waals surface area contributed by atoms with Crippen LogP contribution in [0.2, 0.25) is 0 Å². The zero-order valence-electron chi connectivity index (χ0n) is 13.4. The Morgan fingerprint density at radius 3 is 2.50 bits per heavy atom. The van der Waals surface area contributed by atoms with Gasteiger partial charge in [-0.05, 0) is 44.0 Å². The number of nitrogens with zero attached hydrogens (tertiary/aromatic N) is 3. The van der Waals surface area contributed by atoms with E-state index in [1.54, 1.807) is 18.5 Å². The molecule has 1 aromatic carbocycles. The number of rotatable bonds is 6. The number of nitrogens with one attached hydrogen (secondary N) is 2. The minimum Gasteiger partial charge on any atom is -0.349 e. The molecule has 0 saturated heterocycles. The predicted molar refractivity (Wildman–Crippen MR) is 86.7 cm³/mol. The highest BCUT2D eigenvalue weighted by Gasteiger charge is 2.24. The molecule has 2 N–H and O–H groups in total. The van der Waals surface area contributed by atoms with E-state index < -0.39 is 16.1 Å². The first-order valence-electron chi connectivity index (χ1n) is 7.64. The quantitative estimate of drug-likeness (QED) is 0.800. The highest BCUT2D eigenvalue weighted by Crippen LogP contribution is 2.20. The van der Waals surface area contributed by atoms with Crippen molar-refractivity contribution in [1.29, 1.82) is 0 Å². The van der Waals surface area contributed by atoms with Crippen LogP contribution in [0.1, 0.15) is 42.0 Å². The maximum absolute atomic E-state index is 12.4. The van der Waals surface area contributed by atoms with Gasteiger partial charge in [0.05, 0.1) is 10.9 Å². The van der Waals surface area contributed by atoms with Crippen molar-refractivity contribution in [2.24, 2.45) is 7.05 Å². The van der Waals surface area contributed by atoms with Gasteiger partial charge in [0.1, 0.15) is 12.2 Å². The van der Waals surface area contributed by atoms with Crippen LogP contribution in [-0.2, 0) is 17.1 Å². The molecule has 0 unspecified atom stereocenters. The van der Waals surface area contributed by atoms with Crippen molar-refractivity contribution < 1.29 is 13.2 Å². The van der Waals surface area contributed by atoms with E-state index in [2.05, 4.69) is 20.2 Å². The van der Waals surface area contributed by atoms with E-state index in [1.807, 2.05) is 0 Å². The van der Waals surface area contributed by atoms with E-state index in [-0.39, 0.29) is 16.8 Å². The molecule has 2 aromatic rings. The Morgan fingerprint density at radius 2 is 1.96 bits per heavy atom. The highest BCUT2D eigenvalue weighted by atomic mass is 32.2. The lowest BCUT2D eigenvalue weighted by Gasteiger charge is -2.13. The zero-order chi connectivity index (χ0) is 17.3. The van der Waals surface area contributed by atoms with Crippen molar-refractivity contribution >= 4 is 15.9 Å². The highest BCUT2D eigenvalue weighted by molar-refractivity contribution is 7.89. The third-order valence-corrected chi connectivity index (χ3v) is 5.36. The van der Waals surface area contributed by atoms with Crippen LogP contribution in [0.3, 0.4) is 0 Å². The van der Waals surface area contributed by atoms with Gasteiger partial charge in [-0.2, -0.15) is 0 Å². The molecule has 1 heterocycles. The van der Waals surface area contributed by atoms with Gasteiger partial charge in [-0.3, -0.25) is 4.79 Å². The number of carbonyl (C=O) groups excluding carboxylic acids is 1. The molecule has 0 aliphatic heterocycles. The summed E-state index contributed by atoms with van der Waals surface area (Å²) in [6, 6.07) is 5.61. The number of hydrogen-bond donors (Lipinski definition) is 2. The molecule has 0 radical (unpaired) electrons. The Balaban J connectivity index is 1.72. The van der Waals surface area contributed by atoms with E-state index in [4.69, 9.17) is 0 Å². The first kappa shape index (κ1) is 16.6. The molecule has 1 aliphatic rings. The third kappa shape index (κ3) is 3.62. The Hall–Kier alpha value is -2.26. The van der Waals surface area contributed by atoms with Crippen molar-refractivity contribution in [1.82, 2.24) is 24.8 Å². The molecule has 1 aromatic heterocycles. The summed E-state index contributed by atoms with van der Waals surface area (Å²) in [6.45, 7) is 1.69. The number of aromatic nitrogens is 3. The molecule has 8 nitrogen and oxygen atoms in total. The summed E-state index contributed by atoms with van der Waals surface area (Å²) in [5.41, 5.74) is 0.446. The second-order valence-electron chi connectivity index (χ2n) is 5.92. The number of amides is 1.